The zero-order valence-electron chi connectivity index (χ0n) is 18.2. The maximum Gasteiger partial charge on any atom is 0.297 e. The van der Waals surface area contributed by atoms with Crippen molar-refractivity contribution < 1.29 is 44.9 Å². The average Bonchev–Trinajstić information content (AvgIpc) is 3.07. The van der Waals surface area contributed by atoms with Crippen molar-refractivity contribution in [3.05, 3.63) is 59.7 Å². The molecule has 1 aliphatic heterocycles. The Labute approximate surface area is 192 Å². The lowest BCUT2D eigenvalue weighted by molar-refractivity contribution is -0.159. The molecule has 1 aliphatic rings. The van der Waals surface area contributed by atoms with E-state index in [1.807, 2.05) is 0 Å². The topological polar surface area (TPSA) is 146 Å². The van der Waals surface area contributed by atoms with E-state index in [0.717, 1.165) is 11.1 Å². The molecule has 182 valence electrons. The second-order valence-corrected chi connectivity index (χ2v) is 10.8. The first-order valence-electron chi connectivity index (χ1n) is 9.95. The third-order valence-electron chi connectivity index (χ3n) is 5.12. The summed E-state index contributed by atoms with van der Waals surface area (Å²) in [5.41, 5.74) is 1.67. The predicted octanol–water partition coefficient (Wildman–Crippen LogP) is 0.876. The van der Waals surface area contributed by atoms with Crippen LogP contribution in [0.15, 0.2) is 58.3 Å². The molecular formula is C21H26O10S2. The van der Waals surface area contributed by atoms with Crippen molar-refractivity contribution in [1.82, 2.24) is 0 Å². The van der Waals surface area contributed by atoms with Crippen LogP contribution in [0.1, 0.15) is 11.1 Å². The number of aliphatic hydroxyl groups excluding tert-OH is 2. The maximum atomic E-state index is 12.7. The first kappa shape index (κ1) is 25.7. The molecular weight excluding hydrogens is 476 g/mol. The van der Waals surface area contributed by atoms with Crippen LogP contribution in [-0.4, -0.2) is 71.5 Å². The van der Waals surface area contributed by atoms with E-state index in [4.69, 9.17) is 17.8 Å². The molecule has 0 aliphatic carbocycles. The second-order valence-electron chi connectivity index (χ2n) is 7.61. The normalized spacial score (nSPS) is 24.6. The molecule has 2 unspecified atom stereocenters. The lowest BCUT2D eigenvalue weighted by atomic mass is 10.1. The summed E-state index contributed by atoms with van der Waals surface area (Å²) in [6.07, 6.45) is -7.62. The van der Waals surface area contributed by atoms with Gasteiger partial charge in [0, 0.05) is 7.11 Å². The van der Waals surface area contributed by atoms with Gasteiger partial charge in [0.05, 0.1) is 16.4 Å². The summed E-state index contributed by atoms with van der Waals surface area (Å²) in [6, 6.07) is 11.7. The van der Waals surface area contributed by atoms with Gasteiger partial charge in [0.2, 0.25) is 0 Å². The number of aryl methyl sites for hydroxylation is 2. The van der Waals surface area contributed by atoms with Gasteiger partial charge in [-0.2, -0.15) is 16.8 Å². The van der Waals surface area contributed by atoms with Gasteiger partial charge in [0.15, 0.2) is 12.4 Å². The van der Waals surface area contributed by atoms with Gasteiger partial charge in [-0.15, -0.1) is 0 Å². The van der Waals surface area contributed by atoms with Crippen molar-refractivity contribution in [3.8, 4) is 0 Å². The highest BCUT2D eigenvalue weighted by Gasteiger charge is 2.51. The van der Waals surface area contributed by atoms with E-state index in [-0.39, 0.29) is 9.79 Å². The number of methoxy groups -OCH3 is 1. The minimum Gasteiger partial charge on any atom is -0.394 e. The molecule has 12 heteroatoms. The van der Waals surface area contributed by atoms with Crippen molar-refractivity contribution in [3.63, 3.8) is 0 Å². The number of aliphatic hydroxyl groups is 2. The minimum atomic E-state index is -4.32. The van der Waals surface area contributed by atoms with Crippen LogP contribution in [0, 0.1) is 13.8 Å². The number of hydrogen-bond donors (Lipinski definition) is 2. The summed E-state index contributed by atoms with van der Waals surface area (Å²) in [7, 11) is -7.44. The molecule has 2 N–H and O–H groups in total. The Morgan fingerprint density at radius 2 is 1.39 bits per heavy atom. The van der Waals surface area contributed by atoms with Gasteiger partial charge in [-0.25, -0.2) is 0 Å². The molecule has 1 saturated heterocycles. The molecule has 0 spiro atoms. The Bertz CT molecular complexity index is 1140. The van der Waals surface area contributed by atoms with E-state index in [1.165, 1.54) is 31.4 Å². The van der Waals surface area contributed by atoms with Gasteiger partial charge in [-0.1, -0.05) is 35.4 Å². The SMILES string of the molecule is CO[C@@H]1O[C@H](C(CO)OS(=O)(=O)c2ccc(C)cc2)[C@@H](O)C1OS(=O)(=O)c1ccc(C)cc1. The molecule has 0 aromatic heterocycles. The molecule has 1 heterocycles. The molecule has 1 fully saturated rings. The first-order valence-corrected chi connectivity index (χ1v) is 12.8. The molecule has 2 aromatic rings. The summed E-state index contributed by atoms with van der Waals surface area (Å²) in [6.45, 7) is 2.73. The van der Waals surface area contributed by atoms with Crippen LogP contribution in [0.2, 0.25) is 0 Å². The van der Waals surface area contributed by atoms with E-state index < -0.39 is 57.5 Å². The van der Waals surface area contributed by atoms with Crippen molar-refractivity contribution in [1.29, 1.82) is 0 Å². The van der Waals surface area contributed by atoms with Gasteiger partial charge in [-0.3, -0.25) is 8.37 Å². The van der Waals surface area contributed by atoms with E-state index >= 15 is 0 Å². The Kier molecular flexibility index (Phi) is 7.91. The number of benzene rings is 2. The third-order valence-corrected chi connectivity index (χ3v) is 7.79. The zero-order valence-corrected chi connectivity index (χ0v) is 19.8. The van der Waals surface area contributed by atoms with E-state index in [0.29, 0.717) is 0 Å². The summed E-state index contributed by atoms with van der Waals surface area (Å²) in [4.78, 5) is -0.299. The van der Waals surface area contributed by atoms with Gasteiger partial charge >= 0.3 is 0 Å². The summed E-state index contributed by atoms with van der Waals surface area (Å²) >= 11 is 0. The van der Waals surface area contributed by atoms with Gasteiger partial charge < -0.3 is 19.7 Å². The van der Waals surface area contributed by atoms with Crippen LogP contribution in [0.5, 0.6) is 0 Å². The number of ether oxygens (including phenoxy) is 2. The van der Waals surface area contributed by atoms with Crippen LogP contribution in [0.25, 0.3) is 0 Å². The fourth-order valence-corrected chi connectivity index (χ4v) is 5.43. The molecule has 0 radical (unpaired) electrons. The van der Waals surface area contributed by atoms with E-state index in [2.05, 4.69) is 0 Å². The van der Waals surface area contributed by atoms with Crippen LogP contribution >= 0.6 is 0 Å². The predicted molar refractivity (Wildman–Crippen MR) is 115 cm³/mol. The van der Waals surface area contributed by atoms with Crippen LogP contribution in [-0.2, 0) is 38.1 Å². The highest BCUT2D eigenvalue weighted by atomic mass is 32.2. The van der Waals surface area contributed by atoms with Crippen molar-refractivity contribution >= 4 is 20.2 Å². The summed E-state index contributed by atoms with van der Waals surface area (Å²) < 4.78 is 71.4. The number of hydrogen-bond acceptors (Lipinski definition) is 10. The van der Waals surface area contributed by atoms with E-state index in [9.17, 15) is 27.0 Å². The van der Waals surface area contributed by atoms with E-state index in [1.54, 1.807) is 38.1 Å². The minimum absolute atomic E-state index is 0.143. The third kappa shape index (κ3) is 5.78. The lowest BCUT2D eigenvalue weighted by Crippen LogP contribution is -2.44. The highest BCUT2D eigenvalue weighted by Crippen LogP contribution is 2.31. The highest BCUT2D eigenvalue weighted by molar-refractivity contribution is 7.87. The largest absolute Gasteiger partial charge is 0.394 e. The van der Waals surface area contributed by atoms with Crippen LogP contribution in [0.4, 0.5) is 0 Å². The fraction of sp³-hybridized carbons (Fsp3) is 0.429. The zero-order chi connectivity index (χ0) is 24.4. The molecule has 0 bridgehead atoms. The average molecular weight is 503 g/mol. The van der Waals surface area contributed by atoms with Gasteiger partial charge in [0.1, 0.15) is 18.3 Å². The Balaban J connectivity index is 1.81. The maximum absolute atomic E-state index is 12.7. The first-order chi connectivity index (χ1) is 15.5. The monoisotopic (exact) mass is 502 g/mol. The molecule has 2 aromatic carbocycles. The van der Waals surface area contributed by atoms with Crippen LogP contribution in [0.3, 0.4) is 0 Å². The molecule has 3 rings (SSSR count). The Morgan fingerprint density at radius 1 is 0.909 bits per heavy atom. The molecule has 0 saturated carbocycles. The summed E-state index contributed by atoms with van der Waals surface area (Å²) in [5.74, 6) is 0. The lowest BCUT2D eigenvalue weighted by Gasteiger charge is -2.24. The molecule has 10 nitrogen and oxygen atoms in total. The fourth-order valence-electron chi connectivity index (χ4n) is 3.28. The summed E-state index contributed by atoms with van der Waals surface area (Å²) in [5, 5.41) is 20.5. The van der Waals surface area contributed by atoms with Gasteiger partial charge in [0.25, 0.3) is 20.2 Å². The molecule has 0 amide bonds. The molecule has 33 heavy (non-hydrogen) atoms. The quantitative estimate of drug-likeness (QED) is 0.474. The second kappa shape index (κ2) is 10.2. The van der Waals surface area contributed by atoms with Crippen molar-refractivity contribution in [2.75, 3.05) is 13.7 Å². The number of rotatable bonds is 9. The Morgan fingerprint density at radius 3 is 1.85 bits per heavy atom. The Hall–Kier alpha value is -1.90. The molecule has 5 atom stereocenters. The van der Waals surface area contributed by atoms with Crippen molar-refractivity contribution in [2.24, 2.45) is 0 Å². The van der Waals surface area contributed by atoms with Gasteiger partial charge in [-0.05, 0) is 38.1 Å². The van der Waals surface area contributed by atoms with Crippen molar-refractivity contribution in [2.45, 2.75) is 54.3 Å². The van der Waals surface area contributed by atoms with Crippen LogP contribution < -0.4 is 0 Å². The smallest absolute Gasteiger partial charge is 0.297 e. The standard InChI is InChI=1S/C21H26O10S2/c1-13-4-8-15(9-5-13)32(24,25)30-17(12-22)19-18(23)20(21(28-3)29-19)31-33(26,27)16-10-6-14(2)7-11-16/h4-11,17-23H,12H2,1-3H3/t17?,18-,19-,20?,21-/m1/s1.